The molecule has 0 atom stereocenters. The molecule has 1 aliphatic rings. The summed E-state index contributed by atoms with van der Waals surface area (Å²) in [6.45, 7) is 0. The molecule has 10 aromatic carbocycles. The molecule has 220 valence electrons. The molecule has 10 aromatic rings. The minimum Gasteiger partial charge on any atom is -0.0616 e. The van der Waals surface area contributed by atoms with Gasteiger partial charge in [0.15, 0.2) is 0 Å². The van der Waals surface area contributed by atoms with Crippen LogP contribution < -0.4 is 0 Å². The lowest BCUT2D eigenvalue weighted by Gasteiger charge is -2.27. The van der Waals surface area contributed by atoms with Crippen molar-refractivity contribution in [1.29, 1.82) is 0 Å². The summed E-state index contributed by atoms with van der Waals surface area (Å²) in [5, 5.41) is 15.4. The minimum absolute atomic E-state index is 1.27. The molecule has 0 spiro atoms. The lowest BCUT2D eigenvalue weighted by Crippen LogP contribution is -2.00. The van der Waals surface area contributed by atoms with Gasteiger partial charge in [0.25, 0.3) is 0 Å². The third-order valence-corrected chi connectivity index (χ3v) is 10.8. The largest absolute Gasteiger partial charge is 0.0616 e. The Hall–Kier alpha value is -6.24. The van der Waals surface area contributed by atoms with E-state index in [1.54, 1.807) is 0 Å². The second-order valence-corrected chi connectivity index (χ2v) is 13.2. The maximum absolute atomic E-state index is 2.40. The lowest BCUT2D eigenvalue weighted by molar-refractivity contribution is 1.57. The number of rotatable bonds is 0. The van der Waals surface area contributed by atoms with Crippen LogP contribution in [0.2, 0.25) is 0 Å². The van der Waals surface area contributed by atoms with Crippen LogP contribution in [-0.4, -0.2) is 0 Å². The Balaban J connectivity index is 1.39. The summed E-state index contributed by atoms with van der Waals surface area (Å²) in [6, 6.07) is 63.6. The number of hydrogen-bond donors (Lipinski definition) is 0. The maximum atomic E-state index is 2.40. The monoisotopic (exact) mass is 604 g/mol. The van der Waals surface area contributed by atoms with Crippen LogP contribution in [-0.2, 0) is 0 Å². The fourth-order valence-electron chi connectivity index (χ4n) is 8.71. The van der Waals surface area contributed by atoms with E-state index < -0.39 is 0 Å². The average Bonchev–Trinajstić information content (AvgIpc) is 3.15. The van der Waals surface area contributed by atoms with Gasteiger partial charge >= 0.3 is 0 Å². The van der Waals surface area contributed by atoms with E-state index in [1.165, 1.54) is 109 Å². The van der Waals surface area contributed by atoms with Gasteiger partial charge in [0.1, 0.15) is 0 Å². The van der Waals surface area contributed by atoms with Crippen LogP contribution >= 0.6 is 0 Å². The summed E-state index contributed by atoms with van der Waals surface area (Å²) in [7, 11) is 0. The van der Waals surface area contributed by atoms with Crippen molar-refractivity contribution in [2.75, 3.05) is 0 Å². The van der Waals surface area contributed by atoms with Crippen molar-refractivity contribution in [3.63, 3.8) is 0 Å². The van der Waals surface area contributed by atoms with Crippen molar-refractivity contribution in [3.8, 4) is 44.5 Å². The summed E-state index contributed by atoms with van der Waals surface area (Å²) in [5.41, 5.74) is 10.3. The SMILES string of the molecule is c1ccc2c(c1)-c1ccc3c(ccc4ccccc43)c1-c1ccc3c(ccc4ccccc43)c1-c1ccc3c(ccc4ccccc43)c1-2. The number of fused-ring (bicyclic) bond motifs is 20. The first-order valence-electron chi connectivity index (χ1n) is 16.8. The van der Waals surface area contributed by atoms with Crippen LogP contribution in [0.15, 0.2) is 170 Å². The molecular formula is C48H28. The molecule has 11 rings (SSSR count). The van der Waals surface area contributed by atoms with Crippen molar-refractivity contribution in [3.05, 3.63) is 170 Å². The summed E-state index contributed by atoms with van der Waals surface area (Å²) in [5.74, 6) is 0. The lowest BCUT2D eigenvalue weighted by atomic mass is 9.76. The van der Waals surface area contributed by atoms with Gasteiger partial charge in [0.2, 0.25) is 0 Å². The van der Waals surface area contributed by atoms with Gasteiger partial charge in [-0.3, -0.25) is 0 Å². The Kier molecular flexibility index (Phi) is 5.20. The van der Waals surface area contributed by atoms with Crippen LogP contribution in [0.4, 0.5) is 0 Å². The predicted octanol–water partition coefficient (Wildman–Crippen LogP) is 13.6. The van der Waals surface area contributed by atoms with Crippen molar-refractivity contribution in [2.45, 2.75) is 0 Å². The molecule has 0 heterocycles. The molecule has 0 unspecified atom stereocenters. The Bertz CT molecular complexity index is 2920. The van der Waals surface area contributed by atoms with Crippen LogP contribution in [0.5, 0.6) is 0 Å². The second kappa shape index (κ2) is 9.64. The van der Waals surface area contributed by atoms with Crippen LogP contribution in [0.1, 0.15) is 0 Å². The van der Waals surface area contributed by atoms with Crippen molar-refractivity contribution in [1.82, 2.24) is 0 Å². The molecule has 0 N–H and O–H groups in total. The van der Waals surface area contributed by atoms with Gasteiger partial charge in [-0.15, -0.1) is 0 Å². The molecule has 0 bridgehead atoms. The molecule has 48 heavy (non-hydrogen) atoms. The van der Waals surface area contributed by atoms with Crippen molar-refractivity contribution in [2.24, 2.45) is 0 Å². The van der Waals surface area contributed by atoms with Gasteiger partial charge in [0.05, 0.1) is 0 Å². The first kappa shape index (κ1) is 25.9. The zero-order valence-corrected chi connectivity index (χ0v) is 26.2. The molecule has 0 heteroatoms. The van der Waals surface area contributed by atoms with Crippen molar-refractivity contribution < 1.29 is 0 Å². The molecule has 1 aliphatic carbocycles. The molecule has 0 radical (unpaired) electrons. The third kappa shape index (κ3) is 3.44. The van der Waals surface area contributed by atoms with E-state index in [4.69, 9.17) is 0 Å². The quantitative estimate of drug-likeness (QED) is 0.151. The zero-order valence-electron chi connectivity index (χ0n) is 26.2. The first-order chi connectivity index (χ1) is 23.8. The third-order valence-electron chi connectivity index (χ3n) is 10.8. The van der Waals surface area contributed by atoms with E-state index in [9.17, 15) is 0 Å². The Morgan fingerprint density at radius 1 is 0.167 bits per heavy atom. The van der Waals surface area contributed by atoms with Gasteiger partial charge in [-0.05, 0) is 109 Å². The Morgan fingerprint density at radius 2 is 0.500 bits per heavy atom. The number of benzene rings is 10. The predicted molar refractivity (Wildman–Crippen MR) is 207 cm³/mol. The highest BCUT2D eigenvalue weighted by Gasteiger charge is 2.27. The minimum atomic E-state index is 1.27. The van der Waals surface area contributed by atoms with E-state index in [2.05, 4.69) is 170 Å². The summed E-state index contributed by atoms with van der Waals surface area (Å²) in [6.07, 6.45) is 0. The van der Waals surface area contributed by atoms with E-state index >= 15 is 0 Å². The van der Waals surface area contributed by atoms with Crippen LogP contribution in [0, 0.1) is 0 Å². The van der Waals surface area contributed by atoms with E-state index in [1.807, 2.05) is 0 Å². The standard InChI is InChI=1S/C48H28/c1-4-12-32-29(9-1)18-21-41-36(32)23-26-43-35-15-7-8-16-39(35)46-40-20-17-30-10-2-5-13-33(30)37(40)24-27-44(46)48-42-22-19-31-11-3-6-14-34(31)38(42)25-28-45(48)47(41)43/h1-28H. The Labute approximate surface area is 278 Å². The highest BCUT2D eigenvalue weighted by molar-refractivity contribution is 6.25. The maximum Gasteiger partial charge on any atom is -0.00197 e. The molecule has 0 nitrogen and oxygen atoms in total. The normalized spacial score (nSPS) is 12.2. The first-order valence-corrected chi connectivity index (χ1v) is 16.8. The van der Waals surface area contributed by atoms with Gasteiger partial charge in [-0.25, -0.2) is 0 Å². The van der Waals surface area contributed by atoms with E-state index in [-0.39, 0.29) is 0 Å². The summed E-state index contributed by atoms with van der Waals surface area (Å²) >= 11 is 0. The number of hydrogen-bond acceptors (Lipinski definition) is 0. The molecule has 0 amide bonds. The molecule has 0 saturated heterocycles. The Morgan fingerprint density at radius 3 is 0.979 bits per heavy atom. The average molecular weight is 605 g/mol. The molecule has 0 aromatic heterocycles. The molecule has 0 fully saturated rings. The molecule has 0 aliphatic heterocycles. The van der Waals surface area contributed by atoms with Gasteiger partial charge in [0, 0.05) is 0 Å². The fourth-order valence-corrected chi connectivity index (χ4v) is 8.71. The fraction of sp³-hybridized carbons (Fsp3) is 0. The zero-order chi connectivity index (χ0) is 31.3. The van der Waals surface area contributed by atoms with Crippen LogP contribution in [0.3, 0.4) is 0 Å². The molecular weight excluding hydrogens is 577 g/mol. The summed E-state index contributed by atoms with van der Waals surface area (Å²) in [4.78, 5) is 0. The highest BCUT2D eigenvalue weighted by Crippen LogP contribution is 2.54. The highest BCUT2D eigenvalue weighted by atomic mass is 14.3. The smallest absolute Gasteiger partial charge is 0.00197 e. The van der Waals surface area contributed by atoms with E-state index in [0.29, 0.717) is 0 Å². The topological polar surface area (TPSA) is 0 Å². The summed E-state index contributed by atoms with van der Waals surface area (Å²) < 4.78 is 0. The van der Waals surface area contributed by atoms with Crippen molar-refractivity contribution >= 4 is 64.6 Å². The van der Waals surface area contributed by atoms with Gasteiger partial charge in [-0.1, -0.05) is 170 Å². The van der Waals surface area contributed by atoms with Gasteiger partial charge < -0.3 is 0 Å². The second-order valence-electron chi connectivity index (χ2n) is 13.2. The van der Waals surface area contributed by atoms with E-state index in [0.717, 1.165) is 0 Å². The molecule has 0 saturated carbocycles. The van der Waals surface area contributed by atoms with Crippen LogP contribution in [0.25, 0.3) is 109 Å². The van der Waals surface area contributed by atoms with Gasteiger partial charge in [-0.2, -0.15) is 0 Å².